The van der Waals surface area contributed by atoms with Crippen molar-refractivity contribution >= 4 is 43.5 Å². The summed E-state index contributed by atoms with van der Waals surface area (Å²) in [5.41, 5.74) is 7.88. The van der Waals surface area contributed by atoms with Crippen LogP contribution in [0.15, 0.2) is 95.7 Å². The Hall–Kier alpha value is -3.70. The number of benzene rings is 3. The van der Waals surface area contributed by atoms with Crippen LogP contribution in [0.3, 0.4) is 0 Å². The molecule has 0 N–H and O–H groups in total. The first-order valence-electron chi connectivity index (χ1n) is 14.1. The minimum atomic E-state index is 0. The molecule has 7 rings (SSSR count). The van der Waals surface area contributed by atoms with E-state index in [1.165, 1.54) is 10.3 Å². The fraction of sp³-hybridized carbons (Fsp3) is 0.216. The normalized spacial score (nSPS) is 11.8. The van der Waals surface area contributed by atoms with E-state index in [4.69, 9.17) is 9.40 Å². The van der Waals surface area contributed by atoms with Gasteiger partial charge in [0.05, 0.1) is 20.8 Å². The molecule has 4 nitrogen and oxygen atoms in total. The maximum atomic E-state index is 6.37. The van der Waals surface area contributed by atoms with E-state index in [-0.39, 0.29) is 30.9 Å². The van der Waals surface area contributed by atoms with Gasteiger partial charge in [-0.3, -0.25) is 0 Å². The van der Waals surface area contributed by atoms with Crippen LogP contribution in [-0.2, 0) is 30.9 Å². The second kappa shape index (κ2) is 12.1. The van der Waals surface area contributed by atoms with Crippen LogP contribution in [-0.4, -0.2) is 15.0 Å². The average molecular weight is 760 g/mol. The molecule has 0 aliphatic heterocycles. The van der Waals surface area contributed by atoms with E-state index in [1.54, 1.807) is 17.5 Å². The molecule has 43 heavy (non-hydrogen) atoms. The molecule has 1 radical (unpaired) electrons. The van der Waals surface area contributed by atoms with E-state index in [0.717, 1.165) is 55.0 Å². The molecule has 219 valence electrons. The van der Waals surface area contributed by atoms with E-state index in [1.807, 2.05) is 60.8 Å². The quantitative estimate of drug-likeness (QED) is 0.165. The van der Waals surface area contributed by atoms with E-state index >= 15 is 0 Å². The minimum Gasteiger partial charge on any atom is -0.501 e. The number of hydrogen-bond acceptors (Lipinski definition) is 5. The number of fused-ring (bicyclic) bond motifs is 5. The van der Waals surface area contributed by atoms with Gasteiger partial charge in [0, 0.05) is 43.3 Å². The second-order valence-corrected chi connectivity index (χ2v) is 13.4. The van der Waals surface area contributed by atoms with Gasteiger partial charge in [0.25, 0.3) is 0 Å². The first-order chi connectivity index (χ1) is 20.1. The Bertz CT molecular complexity index is 1960. The van der Waals surface area contributed by atoms with Gasteiger partial charge in [-0.15, -0.1) is 65.4 Å². The van der Waals surface area contributed by atoms with Crippen molar-refractivity contribution in [1.29, 1.82) is 0 Å². The van der Waals surface area contributed by atoms with Gasteiger partial charge >= 0.3 is 0 Å². The number of aromatic nitrogens is 3. The second-order valence-electron chi connectivity index (χ2n) is 12.4. The Balaban J connectivity index is 0.000000238. The topological polar surface area (TPSA) is 51.8 Å². The maximum Gasteiger partial charge on any atom is 0.122 e. The van der Waals surface area contributed by atoms with E-state index < -0.39 is 0 Å². The van der Waals surface area contributed by atoms with Crippen LogP contribution >= 0.6 is 11.3 Å². The molecular formula is C37H33IrN3OS-2. The SMILES string of the molecule is CC(C)(C)c1ccnc(-c2[c-]ccc3c2oc2ccc4nc(C(C)(C)C)sc4c23)c1.[Ir].[c-]1ccccc1-c1ccccn1. The van der Waals surface area contributed by atoms with Crippen LogP contribution in [0.4, 0.5) is 0 Å². The third-order valence-corrected chi connectivity index (χ3v) is 8.64. The van der Waals surface area contributed by atoms with Gasteiger partial charge in [-0.05, 0) is 46.6 Å². The standard InChI is InChI=1S/C26H25N2OS.C11H8N.Ir/c1-25(2,3)15-12-13-27-19(14-15)16-8-7-9-17-21-20(29-22(16)17)11-10-18-23(21)30-24(28-18)26(4,5)6;1-2-6-10(7-3-1)11-8-4-5-9-12-11;/h7,9-14H,1-6H3;1-6,8-9H;/q2*-1;. The van der Waals surface area contributed by atoms with Gasteiger partial charge in [0.2, 0.25) is 0 Å². The van der Waals surface area contributed by atoms with Crippen LogP contribution in [0.5, 0.6) is 0 Å². The molecular weight excluding hydrogens is 727 g/mol. The Morgan fingerprint density at radius 3 is 2.23 bits per heavy atom. The zero-order valence-electron chi connectivity index (χ0n) is 25.2. The smallest absolute Gasteiger partial charge is 0.122 e. The predicted molar refractivity (Wildman–Crippen MR) is 175 cm³/mol. The molecule has 7 aromatic rings. The number of hydrogen-bond donors (Lipinski definition) is 0. The van der Waals surface area contributed by atoms with Crippen molar-refractivity contribution in [2.45, 2.75) is 52.4 Å². The number of thiazole rings is 1. The van der Waals surface area contributed by atoms with Crippen LogP contribution in [0.25, 0.3) is 54.7 Å². The Kier molecular flexibility index (Phi) is 8.67. The summed E-state index contributed by atoms with van der Waals surface area (Å²) in [7, 11) is 0. The summed E-state index contributed by atoms with van der Waals surface area (Å²) >= 11 is 1.76. The largest absolute Gasteiger partial charge is 0.501 e. The van der Waals surface area contributed by atoms with Gasteiger partial charge in [-0.2, -0.15) is 0 Å². The first-order valence-corrected chi connectivity index (χ1v) is 14.9. The predicted octanol–water partition coefficient (Wildman–Crippen LogP) is 10.2. The monoisotopic (exact) mass is 760 g/mol. The maximum absolute atomic E-state index is 6.37. The average Bonchev–Trinajstić information content (AvgIpc) is 3.60. The van der Waals surface area contributed by atoms with Crippen molar-refractivity contribution in [2.75, 3.05) is 0 Å². The van der Waals surface area contributed by atoms with Crippen molar-refractivity contribution in [2.24, 2.45) is 0 Å². The molecule has 0 saturated heterocycles. The van der Waals surface area contributed by atoms with Crippen molar-refractivity contribution in [1.82, 2.24) is 15.0 Å². The van der Waals surface area contributed by atoms with Crippen molar-refractivity contribution in [3.05, 3.63) is 114 Å². The first kappa shape index (κ1) is 30.7. The summed E-state index contributed by atoms with van der Waals surface area (Å²) < 4.78 is 7.56. The van der Waals surface area contributed by atoms with Gasteiger partial charge in [-0.25, -0.2) is 4.98 Å². The zero-order valence-corrected chi connectivity index (χ0v) is 28.4. The fourth-order valence-electron chi connectivity index (χ4n) is 4.83. The molecule has 0 spiro atoms. The molecule has 0 atom stereocenters. The fourth-order valence-corrected chi connectivity index (χ4v) is 6.00. The summed E-state index contributed by atoms with van der Waals surface area (Å²) in [5, 5.41) is 3.37. The Morgan fingerprint density at radius 1 is 0.744 bits per heavy atom. The molecule has 0 aliphatic carbocycles. The van der Waals surface area contributed by atoms with E-state index in [0.29, 0.717) is 0 Å². The van der Waals surface area contributed by atoms with Crippen LogP contribution in [0.1, 0.15) is 52.1 Å². The summed E-state index contributed by atoms with van der Waals surface area (Å²) in [6, 6.07) is 32.6. The molecule has 4 heterocycles. The summed E-state index contributed by atoms with van der Waals surface area (Å²) in [6.45, 7) is 13.3. The molecule has 3 aromatic carbocycles. The molecule has 0 bridgehead atoms. The zero-order chi connectivity index (χ0) is 29.5. The van der Waals surface area contributed by atoms with Crippen LogP contribution in [0, 0.1) is 12.1 Å². The summed E-state index contributed by atoms with van der Waals surface area (Å²) in [5.74, 6) is 0. The Morgan fingerprint density at radius 2 is 1.53 bits per heavy atom. The molecule has 0 aliphatic rings. The summed E-state index contributed by atoms with van der Waals surface area (Å²) in [4.78, 5) is 13.8. The number of rotatable bonds is 2. The number of nitrogens with zero attached hydrogens (tertiary/aromatic N) is 3. The molecule has 0 unspecified atom stereocenters. The van der Waals surface area contributed by atoms with Crippen LogP contribution < -0.4 is 0 Å². The number of pyridine rings is 2. The minimum absolute atomic E-state index is 0. The van der Waals surface area contributed by atoms with Gasteiger partial charge < -0.3 is 14.4 Å². The molecule has 0 fully saturated rings. The van der Waals surface area contributed by atoms with Crippen molar-refractivity contribution in [3.63, 3.8) is 0 Å². The molecule has 4 aromatic heterocycles. The molecule has 6 heteroatoms. The van der Waals surface area contributed by atoms with E-state index in [2.05, 4.69) is 87.9 Å². The Labute approximate surface area is 270 Å². The van der Waals surface area contributed by atoms with Crippen molar-refractivity contribution in [3.8, 4) is 22.5 Å². The number of furan rings is 1. The van der Waals surface area contributed by atoms with Crippen molar-refractivity contribution < 1.29 is 24.5 Å². The van der Waals surface area contributed by atoms with E-state index in [9.17, 15) is 0 Å². The van der Waals surface area contributed by atoms with Gasteiger partial charge in [-0.1, -0.05) is 70.7 Å². The van der Waals surface area contributed by atoms with Crippen LogP contribution in [0.2, 0.25) is 0 Å². The third kappa shape index (κ3) is 6.33. The summed E-state index contributed by atoms with van der Waals surface area (Å²) in [6.07, 6.45) is 3.67. The molecule has 0 saturated carbocycles. The third-order valence-electron chi connectivity index (χ3n) is 7.12. The van der Waals surface area contributed by atoms with Gasteiger partial charge in [0.15, 0.2) is 0 Å². The molecule has 0 amide bonds. The van der Waals surface area contributed by atoms with Gasteiger partial charge in [0.1, 0.15) is 5.58 Å².